The second-order valence-corrected chi connectivity index (χ2v) is 23.5. The van der Waals surface area contributed by atoms with E-state index in [9.17, 15) is 0 Å². The van der Waals surface area contributed by atoms with Gasteiger partial charge in [-0.3, -0.25) is 0 Å². The van der Waals surface area contributed by atoms with Crippen LogP contribution in [0.5, 0.6) is 0 Å². The third-order valence-electron chi connectivity index (χ3n) is 7.67. The number of rotatable bonds is 17. The SMILES string of the molecule is C[C@H](/C=C\C/C=C/C[C@H](/C=C/c1ccccc1)O[Si](c1ccccc1)(c1ccccc1)C(C)(C)C)OCOCC[Si](C)(C)C. The van der Waals surface area contributed by atoms with Gasteiger partial charge in [-0.15, -0.1) is 0 Å². The lowest BCUT2D eigenvalue weighted by atomic mass is 10.1. The molecule has 0 saturated heterocycles. The Morgan fingerprint density at radius 3 is 1.84 bits per heavy atom. The van der Waals surface area contributed by atoms with Gasteiger partial charge in [0.05, 0.1) is 12.2 Å². The van der Waals surface area contributed by atoms with E-state index in [1.807, 2.05) is 0 Å². The van der Waals surface area contributed by atoms with E-state index < -0.39 is 16.4 Å². The molecule has 0 aliphatic carbocycles. The van der Waals surface area contributed by atoms with E-state index >= 15 is 0 Å². The summed E-state index contributed by atoms with van der Waals surface area (Å²) in [6.45, 7) is 17.3. The van der Waals surface area contributed by atoms with Crippen molar-refractivity contribution < 1.29 is 13.9 Å². The van der Waals surface area contributed by atoms with E-state index in [0.29, 0.717) is 6.79 Å². The van der Waals surface area contributed by atoms with Crippen molar-refractivity contribution in [2.45, 2.75) is 83.5 Å². The van der Waals surface area contributed by atoms with Gasteiger partial charge in [-0.25, -0.2) is 0 Å². The molecule has 0 radical (unpaired) electrons. The predicted molar refractivity (Wildman–Crippen MR) is 195 cm³/mol. The summed E-state index contributed by atoms with van der Waals surface area (Å²) < 4.78 is 19.0. The topological polar surface area (TPSA) is 27.7 Å². The van der Waals surface area contributed by atoms with Gasteiger partial charge in [-0.05, 0) is 46.8 Å². The molecule has 0 aromatic heterocycles. The van der Waals surface area contributed by atoms with Gasteiger partial charge in [-0.2, -0.15) is 0 Å². The first-order chi connectivity index (χ1) is 21.0. The van der Waals surface area contributed by atoms with Crippen LogP contribution < -0.4 is 10.4 Å². The Labute approximate surface area is 269 Å². The molecule has 0 bridgehead atoms. The molecule has 3 aromatic rings. The van der Waals surface area contributed by atoms with Crippen molar-refractivity contribution in [2.24, 2.45) is 0 Å². The fraction of sp³-hybridized carbons (Fsp3) is 0.385. The van der Waals surface area contributed by atoms with Crippen molar-refractivity contribution in [1.29, 1.82) is 0 Å². The Morgan fingerprint density at radius 2 is 1.30 bits per heavy atom. The average Bonchev–Trinajstić information content (AvgIpc) is 3.00. The van der Waals surface area contributed by atoms with Gasteiger partial charge in [0.25, 0.3) is 8.32 Å². The van der Waals surface area contributed by atoms with Gasteiger partial charge in [0, 0.05) is 14.7 Å². The van der Waals surface area contributed by atoms with Crippen LogP contribution in [-0.4, -0.2) is 42.0 Å². The lowest BCUT2D eigenvalue weighted by Gasteiger charge is -2.44. The van der Waals surface area contributed by atoms with Crippen LogP contribution in [-0.2, 0) is 13.9 Å². The lowest BCUT2D eigenvalue weighted by molar-refractivity contribution is -0.0665. The molecule has 5 heteroatoms. The van der Waals surface area contributed by atoms with Gasteiger partial charge < -0.3 is 13.9 Å². The number of allylic oxidation sites excluding steroid dienone is 2. The molecule has 3 aromatic carbocycles. The van der Waals surface area contributed by atoms with Gasteiger partial charge in [0.15, 0.2) is 0 Å². The highest BCUT2D eigenvalue weighted by atomic mass is 28.4. The summed E-state index contributed by atoms with van der Waals surface area (Å²) in [5.74, 6) is 0. The van der Waals surface area contributed by atoms with Crippen LogP contribution in [0.2, 0.25) is 30.7 Å². The van der Waals surface area contributed by atoms with Crippen molar-refractivity contribution in [3.8, 4) is 0 Å². The average molecular weight is 627 g/mol. The fourth-order valence-electron chi connectivity index (χ4n) is 5.19. The number of benzene rings is 3. The molecular weight excluding hydrogens is 573 g/mol. The molecule has 0 fully saturated rings. The van der Waals surface area contributed by atoms with Crippen molar-refractivity contribution in [1.82, 2.24) is 0 Å². The molecule has 2 atom stereocenters. The molecule has 0 aliphatic rings. The van der Waals surface area contributed by atoms with E-state index in [0.717, 1.165) is 25.5 Å². The minimum absolute atomic E-state index is 0.0234. The molecule has 0 saturated carbocycles. The largest absolute Gasteiger partial charge is 0.401 e. The Kier molecular flexibility index (Phi) is 14.3. The van der Waals surface area contributed by atoms with Gasteiger partial charge in [0.1, 0.15) is 6.79 Å². The summed E-state index contributed by atoms with van der Waals surface area (Å²) in [7, 11) is -3.77. The summed E-state index contributed by atoms with van der Waals surface area (Å²) in [5, 5.41) is 2.50. The van der Waals surface area contributed by atoms with Crippen molar-refractivity contribution in [3.05, 3.63) is 127 Å². The van der Waals surface area contributed by atoms with Crippen LogP contribution in [0.3, 0.4) is 0 Å². The highest BCUT2D eigenvalue weighted by molar-refractivity contribution is 6.99. The van der Waals surface area contributed by atoms with Crippen molar-refractivity contribution in [2.75, 3.05) is 13.4 Å². The normalized spacial score (nSPS) is 14.5. The molecule has 0 N–H and O–H groups in total. The number of hydrogen-bond donors (Lipinski definition) is 0. The summed E-state index contributed by atoms with van der Waals surface area (Å²) in [5.41, 5.74) is 1.17. The van der Waals surface area contributed by atoms with E-state index in [-0.39, 0.29) is 17.2 Å². The van der Waals surface area contributed by atoms with Crippen LogP contribution in [0, 0.1) is 0 Å². The summed E-state index contributed by atoms with van der Waals surface area (Å²) in [6.07, 6.45) is 14.8. The minimum atomic E-state index is -2.70. The maximum Gasteiger partial charge on any atom is 0.261 e. The monoisotopic (exact) mass is 626 g/mol. The zero-order chi connectivity index (χ0) is 31.9. The standard InChI is InChI=1S/C39H54O3Si2/c1-34(41-33-40-31-32-43(5,6)7)21-13-8-9-16-24-36(30-29-35-22-14-10-15-23-35)42-44(39(2,3)4,37-25-17-11-18-26-37)38-27-19-12-20-28-38/h9-23,25-30,34,36H,8,24,31-33H2,1-7H3/b16-9+,21-13-,30-29+/t34-,36-/m1/s1. The van der Waals surface area contributed by atoms with Gasteiger partial charge in [-0.1, -0.05) is 168 Å². The zero-order valence-corrected chi connectivity index (χ0v) is 30.0. The Hall–Kier alpha value is -2.81. The smallest absolute Gasteiger partial charge is 0.261 e. The van der Waals surface area contributed by atoms with Crippen LogP contribution in [0.4, 0.5) is 0 Å². The summed E-state index contributed by atoms with van der Waals surface area (Å²) in [4.78, 5) is 0. The predicted octanol–water partition coefficient (Wildman–Crippen LogP) is 9.26. The molecule has 0 amide bonds. The molecule has 0 unspecified atom stereocenters. The van der Waals surface area contributed by atoms with E-state index in [4.69, 9.17) is 13.9 Å². The fourth-order valence-corrected chi connectivity index (χ4v) is 10.6. The van der Waals surface area contributed by atoms with Crippen LogP contribution in [0.25, 0.3) is 6.08 Å². The second-order valence-electron chi connectivity index (χ2n) is 13.7. The van der Waals surface area contributed by atoms with E-state index in [1.54, 1.807) is 0 Å². The third kappa shape index (κ3) is 11.6. The minimum Gasteiger partial charge on any atom is -0.401 e. The molecule has 0 spiro atoms. The first-order valence-corrected chi connectivity index (χ1v) is 21.7. The Bertz CT molecular complexity index is 1250. The molecule has 0 heterocycles. The number of ether oxygens (including phenoxy) is 2. The lowest BCUT2D eigenvalue weighted by Crippen LogP contribution is -2.67. The molecule has 3 nitrogen and oxygen atoms in total. The molecule has 44 heavy (non-hydrogen) atoms. The first kappa shape index (κ1) is 35.7. The van der Waals surface area contributed by atoms with Gasteiger partial charge >= 0.3 is 0 Å². The van der Waals surface area contributed by atoms with E-state index in [2.05, 4.69) is 175 Å². The van der Waals surface area contributed by atoms with Crippen molar-refractivity contribution in [3.63, 3.8) is 0 Å². The van der Waals surface area contributed by atoms with Crippen LogP contribution >= 0.6 is 0 Å². The van der Waals surface area contributed by atoms with Crippen LogP contribution in [0.1, 0.15) is 46.1 Å². The maximum absolute atomic E-state index is 7.48. The molecule has 3 rings (SSSR count). The number of hydrogen-bond acceptors (Lipinski definition) is 3. The maximum atomic E-state index is 7.48. The van der Waals surface area contributed by atoms with E-state index in [1.165, 1.54) is 15.9 Å². The summed E-state index contributed by atoms with van der Waals surface area (Å²) >= 11 is 0. The highest BCUT2D eigenvalue weighted by Gasteiger charge is 2.51. The Morgan fingerprint density at radius 1 is 0.727 bits per heavy atom. The second kappa shape index (κ2) is 17.6. The van der Waals surface area contributed by atoms with Crippen molar-refractivity contribution >= 4 is 32.8 Å². The third-order valence-corrected chi connectivity index (χ3v) is 14.4. The molecule has 0 aliphatic heterocycles. The quantitative estimate of drug-likeness (QED) is 0.0647. The first-order valence-electron chi connectivity index (χ1n) is 16.0. The Balaban J connectivity index is 1.75. The molecular formula is C39H54O3Si2. The van der Waals surface area contributed by atoms with Gasteiger partial charge in [0.2, 0.25) is 0 Å². The van der Waals surface area contributed by atoms with Crippen LogP contribution in [0.15, 0.2) is 121 Å². The highest BCUT2D eigenvalue weighted by Crippen LogP contribution is 2.38. The zero-order valence-electron chi connectivity index (χ0n) is 28.0. The molecule has 236 valence electrons. The summed E-state index contributed by atoms with van der Waals surface area (Å²) in [6, 6.07) is 33.4.